The number of aromatic nitrogens is 3. The van der Waals surface area contributed by atoms with Crippen LogP contribution in [0.4, 0.5) is 19.0 Å². The summed E-state index contributed by atoms with van der Waals surface area (Å²) in [6.07, 6.45) is 2.11. The number of fused-ring (bicyclic) bond motifs is 1. The van der Waals surface area contributed by atoms with Gasteiger partial charge in [-0.05, 0) is 31.7 Å². The van der Waals surface area contributed by atoms with E-state index in [1.807, 2.05) is 0 Å². The standard InChI is InChI=1S/C16H20N4O4.C2HF3O2/c21-14(22)12-10-18-15-19-13(2-6-20(12)15)17-9-11-1-3-16(24-11)4-7-23-8-5-16;3-2(4,5)1(6)7/h2,6,10-11H,1,3-5,7-9H2,(H,21,22)(H,17,18,19);(H,6,7). The number of aromatic carboxylic acids is 1. The molecule has 4 heterocycles. The van der Waals surface area contributed by atoms with Crippen LogP contribution in [-0.2, 0) is 14.3 Å². The van der Waals surface area contributed by atoms with Crippen LogP contribution in [0.5, 0.6) is 0 Å². The number of nitrogens with one attached hydrogen (secondary N) is 1. The molecule has 0 radical (unpaired) electrons. The summed E-state index contributed by atoms with van der Waals surface area (Å²) in [7, 11) is 0. The van der Waals surface area contributed by atoms with E-state index in [-0.39, 0.29) is 17.4 Å². The van der Waals surface area contributed by atoms with Crippen molar-refractivity contribution in [3.63, 3.8) is 0 Å². The van der Waals surface area contributed by atoms with Crippen molar-refractivity contribution < 1.29 is 42.4 Å². The third kappa shape index (κ3) is 5.61. The maximum Gasteiger partial charge on any atom is 0.490 e. The first-order valence-electron chi connectivity index (χ1n) is 9.47. The monoisotopic (exact) mass is 446 g/mol. The Hall–Kier alpha value is -2.93. The lowest BCUT2D eigenvalue weighted by molar-refractivity contribution is -0.192. The lowest BCUT2D eigenvalue weighted by Gasteiger charge is -2.33. The third-order valence-corrected chi connectivity index (χ3v) is 5.09. The van der Waals surface area contributed by atoms with Gasteiger partial charge in [-0.2, -0.15) is 18.2 Å². The summed E-state index contributed by atoms with van der Waals surface area (Å²) in [4.78, 5) is 28.4. The van der Waals surface area contributed by atoms with Crippen LogP contribution in [0.2, 0.25) is 0 Å². The molecule has 0 aliphatic carbocycles. The van der Waals surface area contributed by atoms with Crippen molar-refractivity contribution in [3.05, 3.63) is 24.2 Å². The summed E-state index contributed by atoms with van der Waals surface area (Å²) in [5, 5.41) is 19.5. The first-order valence-corrected chi connectivity index (χ1v) is 9.47. The molecule has 2 fully saturated rings. The van der Waals surface area contributed by atoms with Crippen LogP contribution in [0.25, 0.3) is 5.78 Å². The highest BCUT2D eigenvalue weighted by molar-refractivity contribution is 5.86. The Morgan fingerprint density at radius 3 is 2.55 bits per heavy atom. The molecule has 0 aromatic carbocycles. The van der Waals surface area contributed by atoms with Crippen LogP contribution in [0.3, 0.4) is 0 Å². The Balaban J connectivity index is 0.000000339. The SMILES string of the molecule is O=C(O)C(F)(F)F.O=C(O)c1cnc2nc(NCC3CCC4(CCOCC4)O3)ccn12. The Kier molecular flexibility index (Phi) is 6.65. The van der Waals surface area contributed by atoms with Gasteiger partial charge in [0, 0.05) is 26.0 Å². The minimum Gasteiger partial charge on any atom is -0.477 e. The third-order valence-electron chi connectivity index (χ3n) is 5.09. The molecule has 0 saturated carbocycles. The highest BCUT2D eigenvalue weighted by Crippen LogP contribution is 2.38. The number of carbonyl (C=O) groups is 2. The van der Waals surface area contributed by atoms with E-state index in [2.05, 4.69) is 15.3 Å². The van der Waals surface area contributed by atoms with Gasteiger partial charge in [0.25, 0.3) is 0 Å². The Bertz CT molecular complexity index is 942. The van der Waals surface area contributed by atoms with Crippen molar-refractivity contribution in [1.29, 1.82) is 0 Å². The van der Waals surface area contributed by atoms with Crippen molar-refractivity contribution in [2.24, 2.45) is 0 Å². The number of carboxylic acids is 2. The van der Waals surface area contributed by atoms with Crippen molar-refractivity contribution in [3.8, 4) is 0 Å². The molecule has 2 aliphatic rings. The lowest BCUT2D eigenvalue weighted by Crippen LogP contribution is -2.37. The van der Waals surface area contributed by atoms with E-state index in [1.54, 1.807) is 12.3 Å². The van der Waals surface area contributed by atoms with Gasteiger partial charge in [-0.25, -0.2) is 14.6 Å². The quantitative estimate of drug-likeness (QED) is 0.646. The molecule has 13 heteroatoms. The van der Waals surface area contributed by atoms with Gasteiger partial charge in [-0.15, -0.1) is 0 Å². The van der Waals surface area contributed by atoms with Gasteiger partial charge in [-0.3, -0.25) is 4.40 Å². The van der Waals surface area contributed by atoms with Gasteiger partial charge in [0.1, 0.15) is 5.82 Å². The zero-order valence-corrected chi connectivity index (χ0v) is 16.3. The first kappa shape index (κ1) is 22.7. The Labute approximate surface area is 174 Å². The van der Waals surface area contributed by atoms with Gasteiger partial charge < -0.3 is 25.0 Å². The number of hydrogen-bond donors (Lipinski definition) is 3. The molecule has 0 amide bonds. The van der Waals surface area contributed by atoms with Crippen LogP contribution in [-0.4, -0.2) is 74.2 Å². The lowest BCUT2D eigenvalue weighted by atomic mass is 9.91. The first-order chi connectivity index (χ1) is 14.6. The molecule has 2 aliphatic heterocycles. The van der Waals surface area contributed by atoms with Gasteiger partial charge in [0.05, 0.1) is 17.9 Å². The molecule has 0 bridgehead atoms. The van der Waals surface area contributed by atoms with Crippen LogP contribution in [0.15, 0.2) is 18.5 Å². The molecule has 1 spiro atoms. The fourth-order valence-electron chi connectivity index (χ4n) is 3.50. The Morgan fingerprint density at radius 1 is 1.26 bits per heavy atom. The van der Waals surface area contributed by atoms with E-state index >= 15 is 0 Å². The summed E-state index contributed by atoms with van der Waals surface area (Å²) in [5.41, 5.74) is 0.103. The molecule has 10 nitrogen and oxygen atoms in total. The number of nitrogens with zero attached hydrogens (tertiary/aromatic N) is 3. The van der Waals surface area contributed by atoms with E-state index in [0.29, 0.717) is 18.1 Å². The Morgan fingerprint density at radius 2 is 1.94 bits per heavy atom. The number of alkyl halides is 3. The molecule has 2 aromatic rings. The normalized spacial score (nSPS) is 20.3. The average Bonchev–Trinajstić information content (AvgIpc) is 3.31. The van der Waals surface area contributed by atoms with E-state index in [1.165, 1.54) is 10.6 Å². The summed E-state index contributed by atoms with van der Waals surface area (Å²) in [6, 6.07) is 1.75. The number of rotatable bonds is 4. The molecule has 1 unspecified atom stereocenters. The van der Waals surface area contributed by atoms with Gasteiger partial charge in [0.2, 0.25) is 5.78 Å². The van der Waals surface area contributed by atoms with Gasteiger partial charge >= 0.3 is 18.1 Å². The number of imidazole rings is 1. The maximum absolute atomic E-state index is 11.1. The molecule has 170 valence electrons. The van der Waals surface area contributed by atoms with E-state index in [4.69, 9.17) is 24.5 Å². The second-order valence-corrected chi connectivity index (χ2v) is 7.19. The second kappa shape index (κ2) is 9.06. The van der Waals surface area contributed by atoms with Crippen LogP contribution in [0.1, 0.15) is 36.2 Å². The van der Waals surface area contributed by atoms with E-state index < -0.39 is 18.1 Å². The fourth-order valence-corrected chi connectivity index (χ4v) is 3.50. The highest BCUT2D eigenvalue weighted by atomic mass is 19.4. The summed E-state index contributed by atoms with van der Waals surface area (Å²) in [5.74, 6) is -2.74. The maximum atomic E-state index is 11.1. The van der Waals surface area contributed by atoms with E-state index in [9.17, 15) is 18.0 Å². The largest absolute Gasteiger partial charge is 0.490 e. The van der Waals surface area contributed by atoms with Gasteiger partial charge in [0.15, 0.2) is 5.69 Å². The topological polar surface area (TPSA) is 135 Å². The zero-order valence-electron chi connectivity index (χ0n) is 16.3. The number of halogens is 3. The molecule has 31 heavy (non-hydrogen) atoms. The van der Waals surface area contributed by atoms with Crippen molar-refractivity contribution in [2.45, 2.75) is 43.6 Å². The molecule has 2 saturated heterocycles. The number of ether oxygens (including phenoxy) is 2. The molecular weight excluding hydrogens is 425 g/mol. The summed E-state index contributed by atoms with van der Waals surface area (Å²) >= 11 is 0. The minimum absolute atomic E-state index is 0.00144. The molecule has 1 atom stereocenters. The van der Waals surface area contributed by atoms with Gasteiger partial charge in [-0.1, -0.05) is 0 Å². The van der Waals surface area contributed by atoms with Crippen molar-refractivity contribution in [2.75, 3.05) is 25.1 Å². The second-order valence-electron chi connectivity index (χ2n) is 7.19. The van der Waals surface area contributed by atoms with Crippen molar-refractivity contribution in [1.82, 2.24) is 14.4 Å². The fraction of sp³-hybridized carbons (Fsp3) is 0.556. The van der Waals surface area contributed by atoms with E-state index in [0.717, 1.165) is 38.9 Å². The summed E-state index contributed by atoms with van der Waals surface area (Å²) < 4.78 is 44.9. The molecule has 3 N–H and O–H groups in total. The highest BCUT2D eigenvalue weighted by Gasteiger charge is 2.41. The molecular formula is C18H21F3N4O6. The number of aliphatic carboxylic acids is 1. The summed E-state index contributed by atoms with van der Waals surface area (Å²) in [6.45, 7) is 2.24. The van der Waals surface area contributed by atoms with Crippen LogP contribution < -0.4 is 5.32 Å². The minimum atomic E-state index is -5.08. The van der Waals surface area contributed by atoms with Crippen molar-refractivity contribution >= 4 is 23.5 Å². The smallest absolute Gasteiger partial charge is 0.477 e. The number of carboxylic acid groups (broad SMARTS) is 2. The zero-order chi connectivity index (χ0) is 22.6. The number of hydrogen-bond acceptors (Lipinski definition) is 7. The molecule has 2 aromatic heterocycles. The predicted molar refractivity (Wildman–Crippen MR) is 99.0 cm³/mol. The molecule has 4 rings (SSSR count). The predicted octanol–water partition coefficient (Wildman–Crippen LogP) is 2.20. The van der Waals surface area contributed by atoms with Crippen LogP contribution in [0, 0.1) is 0 Å². The van der Waals surface area contributed by atoms with Crippen LogP contribution >= 0.6 is 0 Å². The number of anilines is 1. The average molecular weight is 446 g/mol.